The van der Waals surface area contributed by atoms with Gasteiger partial charge in [-0.25, -0.2) is 4.98 Å². The summed E-state index contributed by atoms with van der Waals surface area (Å²) in [4.78, 5) is 20.2. The van der Waals surface area contributed by atoms with Crippen molar-refractivity contribution in [2.24, 2.45) is 0 Å². The van der Waals surface area contributed by atoms with E-state index in [1.54, 1.807) is 23.7 Å². The predicted molar refractivity (Wildman–Crippen MR) is 89.7 cm³/mol. The molecule has 0 bridgehead atoms. The molecular weight excluding hydrogens is 294 g/mol. The quantitative estimate of drug-likeness (QED) is 0.785. The highest BCUT2D eigenvalue weighted by Crippen LogP contribution is 2.29. The van der Waals surface area contributed by atoms with Crippen LogP contribution < -0.4 is 5.32 Å². The van der Waals surface area contributed by atoms with Gasteiger partial charge in [0.05, 0.1) is 5.69 Å². The third-order valence-electron chi connectivity index (χ3n) is 3.19. The smallest absolute Gasteiger partial charge is 0.224 e. The minimum absolute atomic E-state index is 0.00732. The molecule has 0 saturated heterocycles. The Morgan fingerprint density at radius 3 is 2.77 bits per heavy atom. The molecule has 0 fully saturated rings. The van der Waals surface area contributed by atoms with E-state index < -0.39 is 0 Å². The Morgan fingerprint density at radius 2 is 2.00 bits per heavy atom. The van der Waals surface area contributed by atoms with Crippen molar-refractivity contribution in [2.45, 2.75) is 13.3 Å². The molecule has 0 unspecified atom stereocenters. The lowest BCUT2D eigenvalue weighted by Crippen LogP contribution is -2.09. The lowest BCUT2D eigenvalue weighted by atomic mass is 10.1. The first-order valence-electron chi connectivity index (χ1n) is 7.02. The molecule has 0 aliphatic rings. The summed E-state index contributed by atoms with van der Waals surface area (Å²) in [7, 11) is 0. The number of anilines is 1. The number of carbonyl (C=O) groups is 1. The molecule has 2 heterocycles. The van der Waals surface area contributed by atoms with E-state index in [4.69, 9.17) is 0 Å². The van der Waals surface area contributed by atoms with Crippen LogP contribution in [-0.4, -0.2) is 15.9 Å². The Hall–Kier alpha value is -2.53. The zero-order chi connectivity index (χ0) is 15.4. The number of rotatable bonds is 4. The molecule has 1 N–H and O–H groups in total. The fourth-order valence-corrected chi connectivity index (χ4v) is 2.87. The minimum Gasteiger partial charge on any atom is -0.326 e. The lowest BCUT2D eigenvalue weighted by Gasteiger charge is -2.05. The summed E-state index contributed by atoms with van der Waals surface area (Å²) in [5, 5.41) is 5.85. The molecule has 1 aromatic carbocycles. The van der Waals surface area contributed by atoms with Crippen LogP contribution >= 0.6 is 11.3 Å². The monoisotopic (exact) mass is 309 g/mol. The predicted octanol–water partition coefficient (Wildman–Crippen LogP) is 4.22. The van der Waals surface area contributed by atoms with Crippen LogP contribution in [0.25, 0.3) is 21.8 Å². The molecule has 0 aliphatic heterocycles. The number of hydrogen-bond acceptors (Lipinski definition) is 4. The molecule has 0 spiro atoms. The van der Waals surface area contributed by atoms with Gasteiger partial charge < -0.3 is 5.32 Å². The lowest BCUT2D eigenvalue weighted by molar-refractivity contribution is -0.115. The first-order valence-corrected chi connectivity index (χ1v) is 7.90. The summed E-state index contributed by atoms with van der Waals surface area (Å²) < 4.78 is 0. The van der Waals surface area contributed by atoms with Crippen LogP contribution in [0, 0.1) is 0 Å². The number of amides is 1. The summed E-state index contributed by atoms with van der Waals surface area (Å²) in [6, 6.07) is 11.6. The molecule has 0 aliphatic carbocycles. The normalized spacial score (nSPS) is 10.4. The largest absolute Gasteiger partial charge is 0.326 e. The zero-order valence-electron chi connectivity index (χ0n) is 12.1. The molecule has 0 saturated carbocycles. The van der Waals surface area contributed by atoms with Crippen molar-refractivity contribution < 1.29 is 4.79 Å². The van der Waals surface area contributed by atoms with Crippen LogP contribution in [0.5, 0.6) is 0 Å². The van der Waals surface area contributed by atoms with Gasteiger partial charge in [0.1, 0.15) is 5.01 Å². The van der Waals surface area contributed by atoms with Crippen molar-refractivity contribution in [1.82, 2.24) is 9.97 Å². The maximum atomic E-state index is 11.5. The van der Waals surface area contributed by atoms with Gasteiger partial charge in [-0.2, -0.15) is 0 Å². The summed E-state index contributed by atoms with van der Waals surface area (Å²) in [5.41, 5.74) is 3.75. The van der Waals surface area contributed by atoms with Gasteiger partial charge in [0.15, 0.2) is 0 Å². The highest BCUT2D eigenvalue weighted by atomic mass is 32.1. The van der Waals surface area contributed by atoms with Gasteiger partial charge >= 0.3 is 0 Å². The standard InChI is InChI=1S/C17H15N3OS/c1-2-16(21)19-14-5-3-4-13(10-14)15-11-22-17(20-15)12-6-8-18-9-7-12/h3-11H,2H2,1H3,(H,19,21). The summed E-state index contributed by atoms with van der Waals surface area (Å²) in [6.45, 7) is 1.83. The molecular formula is C17H15N3OS. The molecule has 1 amide bonds. The summed E-state index contributed by atoms with van der Waals surface area (Å²) in [6.07, 6.45) is 3.99. The van der Waals surface area contributed by atoms with Crippen LogP contribution in [0.4, 0.5) is 5.69 Å². The third-order valence-corrected chi connectivity index (χ3v) is 4.09. The fraction of sp³-hybridized carbons (Fsp3) is 0.118. The number of nitrogens with one attached hydrogen (secondary N) is 1. The number of thiazole rings is 1. The Labute approximate surface area is 132 Å². The van der Waals surface area contributed by atoms with Crippen LogP contribution in [0.3, 0.4) is 0 Å². The van der Waals surface area contributed by atoms with E-state index in [-0.39, 0.29) is 5.91 Å². The van der Waals surface area contributed by atoms with Gasteiger partial charge in [-0.15, -0.1) is 11.3 Å². The number of nitrogens with zero attached hydrogens (tertiary/aromatic N) is 2. The number of carbonyl (C=O) groups excluding carboxylic acids is 1. The number of benzene rings is 1. The first kappa shape index (κ1) is 14.4. The number of hydrogen-bond donors (Lipinski definition) is 1. The zero-order valence-corrected chi connectivity index (χ0v) is 12.9. The van der Waals surface area contributed by atoms with Crippen LogP contribution in [0.2, 0.25) is 0 Å². The van der Waals surface area contributed by atoms with Crippen molar-refractivity contribution >= 4 is 22.9 Å². The Kier molecular flexibility index (Phi) is 4.25. The van der Waals surface area contributed by atoms with Gasteiger partial charge in [0.2, 0.25) is 5.91 Å². The van der Waals surface area contributed by atoms with E-state index in [9.17, 15) is 4.79 Å². The van der Waals surface area contributed by atoms with Crippen LogP contribution in [0.15, 0.2) is 54.2 Å². The van der Waals surface area contributed by atoms with Gasteiger partial charge in [0.25, 0.3) is 0 Å². The van der Waals surface area contributed by atoms with Crippen molar-refractivity contribution in [3.8, 4) is 21.8 Å². The third kappa shape index (κ3) is 3.20. The molecule has 4 nitrogen and oxygen atoms in total. The second-order valence-corrected chi connectivity index (χ2v) is 5.61. The van der Waals surface area contributed by atoms with Crippen molar-refractivity contribution in [3.05, 3.63) is 54.2 Å². The van der Waals surface area contributed by atoms with Gasteiger partial charge in [-0.1, -0.05) is 19.1 Å². The molecule has 110 valence electrons. The topological polar surface area (TPSA) is 54.9 Å². The Bertz CT molecular complexity index is 783. The van der Waals surface area contributed by atoms with Crippen molar-refractivity contribution in [3.63, 3.8) is 0 Å². The van der Waals surface area contributed by atoms with Crippen molar-refractivity contribution in [1.29, 1.82) is 0 Å². The van der Waals surface area contributed by atoms with Crippen LogP contribution in [0.1, 0.15) is 13.3 Å². The maximum absolute atomic E-state index is 11.5. The molecule has 2 aromatic heterocycles. The first-order chi connectivity index (χ1) is 10.8. The molecule has 0 radical (unpaired) electrons. The fourth-order valence-electron chi connectivity index (χ4n) is 2.04. The van der Waals surface area contributed by atoms with E-state index in [1.165, 1.54) is 0 Å². The summed E-state index contributed by atoms with van der Waals surface area (Å²) >= 11 is 1.60. The average Bonchev–Trinajstić information content (AvgIpc) is 3.06. The maximum Gasteiger partial charge on any atom is 0.224 e. The summed E-state index contributed by atoms with van der Waals surface area (Å²) in [5.74, 6) is 0.00732. The SMILES string of the molecule is CCC(=O)Nc1cccc(-c2csc(-c3ccncc3)n2)c1. The second-order valence-electron chi connectivity index (χ2n) is 4.76. The van der Waals surface area contributed by atoms with Gasteiger partial charge in [-0.3, -0.25) is 9.78 Å². The highest BCUT2D eigenvalue weighted by Gasteiger charge is 2.07. The van der Waals surface area contributed by atoms with E-state index >= 15 is 0 Å². The number of pyridine rings is 1. The molecule has 0 atom stereocenters. The van der Waals surface area contributed by atoms with E-state index in [0.717, 1.165) is 27.5 Å². The molecule has 3 rings (SSSR count). The van der Waals surface area contributed by atoms with Gasteiger partial charge in [0, 0.05) is 41.0 Å². The van der Waals surface area contributed by atoms with E-state index in [2.05, 4.69) is 15.3 Å². The molecule has 5 heteroatoms. The molecule has 22 heavy (non-hydrogen) atoms. The van der Waals surface area contributed by atoms with E-state index in [0.29, 0.717) is 6.42 Å². The Balaban J connectivity index is 1.87. The Morgan fingerprint density at radius 1 is 1.18 bits per heavy atom. The van der Waals surface area contributed by atoms with Gasteiger partial charge in [-0.05, 0) is 24.3 Å². The highest BCUT2D eigenvalue weighted by molar-refractivity contribution is 7.13. The average molecular weight is 309 g/mol. The number of aromatic nitrogens is 2. The van der Waals surface area contributed by atoms with Crippen molar-refractivity contribution in [2.75, 3.05) is 5.32 Å². The minimum atomic E-state index is 0.00732. The van der Waals surface area contributed by atoms with E-state index in [1.807, 2.05) is 48.7 Å². The second kappa shape index (κ2) is 6.49. The van der Waals surface area contributed by atoms with Crippen LogP contribution in [-0.2, 0) is 4.79 Å². The molecule has 3 aromatic rings.